The van der Waals surface area contributed by atoms with Gasteiger partial charge in [-0.05, 0) is 19.8 Å². The van der Waals surface area contributed by atoms with Gasteiger partial charge in [-0.15, -0.1) is 0 Å². The number of hydrogen-bond donors (Lipinski definition) is 1. The Kier molecular flexibility index (Phi) is 4.35. The molecule has 1 N–H and O–H groups in total. The first-order valence-electron chi connectivity index (χ1n) is 4.19. The summed E-state index contributed by atoms with van der Waals surface area (Å²) in [5, 5.41) is 11.4. The molecule has 0 radical (unpaired) electrons. The van der Waals surface area contributed by atoms with Crippen LogP contribution in [0.1, 0.15) is 27.7 Å². The summed E-state index contributed by atoms with van der Waals surface area (Å²) in [6.45, 7) is 7.50. The molecule has 0 aromatic heterocycles. The molecule has 12 heavy (non-hydrogen) atoms. The van der Waals surface area contributed by atoms with E-state index in [1.807, 2.05) is 33.8 Å². The van der Waals surface area contributed by atoms with Crippen molar-refractivity contribution in [2.45, 2.75) is 33.7 Å². The van der Waals surface area contributed by atoms with Gasteiger partial charge in [0.05, 0.1) is 6.07 Å². The number of nitrogens with one attached hydrogen (secondary N) is 1. The van der Waals surface area contributed by atoms with Crippen LogP contribution in [0, 0.1) is 23.2 Å². The van der Waals surface area contributed by atoms with Crippen molar-refractivity contribution >= 4 is 5.91 Å². The van der Waals surface area contributed by atoms with E-state index in [0.717, 1.165) is 0 Å². The summed E-state index contributed by atoms with van der Waals surface area (Å²) in [5.41, 5.74) is 0. The number of nitriles is 1. The van der Waals surface area contributed by atoms with Gasteiger partial charge in [0, 0.05) is 6.04 Å². The van der Waals surface area contributed by atoms with Crippen LogP contribution in [0.3, 0.4) is 0 Å². The fourth-order valence-corrected chi connectivity index (χ4v) is 0.885. The lowest BCUT2D eigenvalue weighted by atomic mass is 9.96. The van der Waals surface area contributed by atoms with Crippen molar-refractivity contribution in [2.24, 2.45) is 11.8 Å². The third-order valence-corrected chi connectivity index (χ3v) is 1.52. The zero-order valence-electron chi connectivity index (χ0n) is 8.09. The second-order valence-corrected chi connectivity index (χ2v) is 3.51. The Morgan fingerprint density at radius 3 is 2.08 bits per heavy atom. The number of amides is 1. The van der Waals surface area contributed by atoms with E-state index in [1.54, 1.807) is 0 Å². The van der Waals surface area contributed by atoms with E-state index in [-0.39, 0.29) is 17.9 Å². The summed E-state index contributed by atoms with van der Waals surface area (Å²) in [5.74, 6) is -0.608. The SMILES string of the molecule is CC(C)NC(=O)C(C#N)C(C)C. The number of rotatable bonds is 3. The average Bonchev–Trinajstić information content (AvgIpc) is 1.85. The molecule has 1 unspecified atom stereocenters. The van der Waals surface area contributed by atoms with Gasteiger partial charge < -0.3 is 5.32 Å². The molecule has 1 amide bonds. The fourth-order valence-electron chi connectivity index (χ4n) is 0.885. The maximum absolute atomic E-state index is 11.3. The van der Waals surface area contributed by atoms with Crippen molar-refractivity contribution in [1.82, 2.24) is 5.32 Å². The molecule has 0 aromatic rings. The summed E-state index contributed by atoms with van der Waals surface area (Å²) in [7, 11) is 0. The molecule has 1 atom stereocenters. The van der Waals surface area contributed by atoms with Crippen LogP contribution in [0.25, 0.3) is 0 Å². The molecule has 3 nitrogen and oxygen atoms in total. The van der Waals surface area contributed by atoms with Gasteiger partial charge >= 0.3 is 0 Å². The van der Waals surface area contributed by atoms with Crippen molar-refractivity contribution in [3.05, 3.63) is 0 Å². The Morgan fingerprint density at radius 2 is 1.83 bits per heavy atom. The summed E-state index contributed by atoms with van der Waals surface area (Å²) >= 11 is 0. The third-order valence-electron chi connectivity index (χ3n) is 1.52. The first kappa shape index (κ1) is 11.0. The van der Waals surface area contributed by atoms with Gasteiger partial charge in [-0.2, -0.15) is 5.26 Å². The quantitative estimate of drug-likeness (QED) is 0.690. The second-order valence-electron chi connectivity index (χ2n) is 3.51. The minimum absolute atomic E-state index is 0.0775. The topological polar surface area (TPSA) is 52.9 Å². The predicted octanol–water partition coefficient (Wildman–Crippen LogP) is 1.31. The van der Waals surface area contributed by atoms with E-state index in [2.05, 4.69) is 5.32 Å². The van der Waals surface area contributed by atoms with E-state index in [0.29, 0.717) is 0 Å². The van der Waals surface area contributed by atoms with E-state index in [1.165, 1.54) is 0 Å². The van der Waals surface area contributed by atoms with E-state index < -0.39 is 5.92 Å². The highest BCUT2D eigenvalue weighted by atomic mass is 16.1. The predicted molar refractivity (Wildman–Crippen MR) is 47.2 cm³/mol. The maximum atomic E-state index is 11.3. The minimum Gasteiger partial charge on any atom is -0.353 e. The lowest BCUT2D eigenvalue weighted by Gasteiger charge is -2.14. The number of carbonyl (C=O) groups is 1. The zero-order chi connectivity index (χ0) is 9.72. The standard InChI is InChI=1S/C9H16N2O/c1-6(2)8(5-10)9(12)11-7(3)4/h6-8H,1-4H3,(H,11,12). The summed E-state index contributed by atoms with van der Waals surface area (Å²) in [6.07, 6.45) is 0. The number of nitrogens with zero attached hydrogens (tertiary/aromatic N) is 1. The van der Waals surface area contributed by atoms with Crippen LogP contribution in [-0.2, 0) is 4.79 Å². The first-order chi connectivity index (χ1) is 5.49. The first-order valence-corrected chi connectivity index (χ1v) is 4.19. The van der Waals surface area contributed by atoms with E-state index >= 15 is 0 Å². The second kappa shape index (κ2) is 4.76. The van der Waals surface area contributed by atoms with Gasteiger partial charge in [-0.1, -0.05) is 13.8 Å². The fraction of sp³-hybridized carbons (Fsp3) is 0.778. The van der Waals surface area contributed by atoms with E-state index in [9.17, 15) is 4.79 Å². The van der Waals surface area contributed by atoms with Gasteiger partial charge in [0.1, 0.15) is 5.92 Å². The van der Waals surface area contributed by atoms with Crippen LogP contribution >= 0.6 is 0 Å². The molecular weight excluding hydrogens is 152 g/mol. The number of carbonyl (C=O) groups excluding carboxylic acids is 1. The Balaban J connectivity index is 4.16. The molecule has 0 aliphatic carbocycles. The molecule has 0 aliphatic heterocycles. The molecule has 0 saturated carbocycles. The molecule has 3 heteroatoms. The molecule has 68 valence electrons. The lowest BCUT2D eigenvalue weighted by Crippen LogP contribution is -2.37. The van der Waals surface area contributed by atoms with Gasteiger partial charge in [0.15, 0.2) is 0 Å². The van der Waals surface area contributed by atoms with Crippen molar-refractivity contribution in [3.8, 4) is 6.07 Å². The molecule has 0 fully saturated rings. The third kappa shape index (κ3) is 3.38. The maximum Gasteiger partial charge on any atom is 0.237 e. The van der Waals surface area contributed by atoms with Gasteiger partial charge in [-0.3, -0.25) is 4.79 Å². The molecule has 0 rings (SSSR count). The summed E-state index contributed by atoms with van der Waals surface area (Å²) in [4.78, 5) is 11.3. The highest BCUT2D eigenvalue weighted by molar-refractivity contribution is 5.81. The van der Waals surface area contributed by atoms with Crippen molar-refractivity contribution in [2.75, 3.05) is 0 Å². The Bertz CT molecular complexity index is 191. The highest BCUT2D eigenvalue weighted by Crippen LogP contribution is 2.09. The Labute approximate surface area is 73.8 Å². The van der Waals surface area contributed by atoms with Gasteiger partial charge in [-0.25, -0.2) is 0 Å². The smallest absolute Gasteiger partial charge is 0.237 e. The number of hydrogen-bond acceptors (Lipinski definition) is 2. The van der Waals surface area contributed by atoms with Crippen molar-refractivity contribution < 1.29 is 4.79 Å². The molecule has 0 aliphatic rings. The van der Waals surface area contributed by atoms with Crippen LogP contribution in [-0.4, -0.2) is 11.9 Å². The van der Waals surface area contributed by atoms with Crippen molar-refractivity contribution in [3.63, 3.8) is 0 Å². The highest BCUT2D eigenvalue weighted by Gasteiger charge is 2.21. The van der Waals surface area contributed by atoms with Gasteiger partial charge in [0.25, 0.3) is 0 Å². The molecule has 0 spiro atoms. The van der Waals surface area contributed by atoms with E-state index in [4.69, 9.17) is 5.26 Å². The van der Waals surface area contributed by atoms with Crippen LogP contribution in [0.5, 0.6) is 0 Å². The molecule has 0 heterocycles. The largest absolute Gasteiger partial charge is 0.353 e. The summed E-state index contributed by atoms with van der Waals surface area (Å²) in [6, 6.07) is 2.10. The Morgan fingerprint density at radius 1 is 1.33 bits per heavy atom. The monoisotopic (exact) mass is 168 g/mol. The van der Waals surface area contributed by atoms with Crippen molar-refractivity contribution in [1.29, 1.82) is 5.26 Å². The normalized spacial score (nSPS) is 12.8. The Hall–Kier alpha value is -1.04. The zero-order valence-corrected chi connectivity index (χ0v) is 8.09. The minimum atomic E-state index is -0.521. The summed E-state index contributed by atoms with van der Waals surface area (Å²) < 4.78 is 0. The van der Waals surface area contributed by atoms with Crippen LogP contribution in [0.4, 0.5) is 0 Å². The molecule has 0 saturated heterocycles. The van der Waals surface area contributed by atoms with Crippen LogP contribution in [0.15, 0.2) is 0 Å². The van der Waals surface area contributed by atoms with Gasteiger partial charge in [0.2, 0.25) is 5.91 Å². The van der Waals surface area contributed by atoms with Crippen LogP contribution in [0.2, 0.25) is 0 Å². The molecule has 0 bridgehead atoms. The average molecular weight is 168 g/mol. The molecule has 0 aromatic carbocycles. The molecular formula is C9H16N2O. The lowest BCUT2D eigenvalue weighted by molar-refractivity contribution is -0.124. The van der Waals surface area contributed by atoms with Crippen LogP contribution < -0.4 is 5.32 Å².